The van der Waals surface area contributed by atoms with Gasteiger partial charge in [0.05, 0.1) is 0 Å². The Morgan fingerprint density at radius 2 is 0.974 bits per heavy atom. The maximum absolute atomic E-state index is 8.33. The van der Waals surface area contributed by atoms with Crippen LogP contribution in [0.1, 0.15) is 27.7 Å². The molecule has 0 spiro atoms. The number of rotatable bonds is 8. The minimum Gasteiger partial charge on any atom is -0.439 e. The molecule has 2 N–H and O–H groups in total. The number of hydrogen-bond donors (Lipinski definition) is 0. The lowest BCUT2D eigenvalue weighted by Gasteiger charge is -2.33. The molecule has 5 aromatic rings. The van der Waals surface area contributed by atoms with Crippen LogP contribution in [-0.2, 0) is 4.65 Å². The van der Waals surface area contributed by atoms with Gasteiger partial charge in [0.25, 0.3) is 0 Å². The fourth-order valence-corrected chi connectivity index (χ4v) is 3.90. The molecular weight excluding hydrogens is 481 g/mol. The summed E-state index contributed by atoms with van der Waals surface area (Å²) >= 11 is 0. The first-order chi connectivity index (χ1) is 18.7. The first-order valence-electron chi connectivity index (χ1n) is 13.0. The van der Waals surface area contributed by atoms with E-state index in [0.29, 0.717) is 17.5 Å². The number of aromatic nitrogens is 3. The normalized spacial score (nSPS) is 11.8. The summed E-state index contributed by atoms with van der Waals surface area (Å²) in [5.41, 5.74) is 4.57. The maximum atomic E-state index is 8.33. The van der Waals surface area contributed by atoms with Gasteiger partial charge < -0.3 is 9.76 Å². The van der Waals surface area contributed by atoms with E-state index in [0.717, 1.165) is 33.3 Å². The van der Waals surface area contributed by atoms with Crippen LogP contribution in [0.25, 0.3) is 45.3 Å². The molecule has 0 amide bonds. The monoisotopic (exact) mass is 513 g/mol. The molecule has 0 saturated carbocycles. The molecule has 1 radical (unpaired) electrons. The van der Waals surface area contributed by atoms with Crippen molar-refractivity contribution in [2.45, 2.75) is 38.9 Å². The van der Waals surface area contributed by atoms with E-state index in [4.69, 9.17) is 24.7 Å². The van der Waals surface area contributed by atoms with E-state index >= 15 is 0 Å². The first kappa shape index (κ1) is 26.5. The Labute approximate surface area is 230 Å². The Hall–Kier alpha value is -4.13. The predicted octanol–water partition coefficient (Wildman–Crippen LogP) is 6.08. The Morgan fingerprint density at radius 3 is 1.46 bits per heavy atom. The fourth-order valence-electron chi connectivity index (χ4n) is 3.90. The molecule has 0 saturated heterocycles. The van der Waals surface area contributed by atoms with E-state index in [1.165, 1.54) is 0 Å². The van der Waals surface area contributed by atoms with Gasteiger partial charge in [0.1, 0.15) is 5.60 Å². The molecule has 1 heterocycles. The van der Waals surface area contributed by atoms with Crippen molar-refractivity contribution in [1.82, 2.24) is 15.0 Å². The van der Waals surface area contributed by atoms with Crippen LogP contribution in [0, 0.1) is 0 Å². The van der Waals surface area contributed by atoms with Crippen molar-refractivity contribution in [2.24, 2.45) is 0 Å². The van der Waals surface area contributed by atoms with Gasteiger partial charge in [-0.25, -0.2) is 15.0 Å². The van der Waals surface area contributed by atoms with Crippen molar-refractivity contribution < 1.29 is 9.76 Å². The highest BCUT2D eigenvalue weighted by molar-refractivity contribution is 6.47. The standard InChI is InChI=1S/C33H31BN3O2/c1-32(2,38)33(3,4)39-34-28-17-11-16-27(22-28)23-18-20-26(21-19-23)31-36-29(24-12-7-5-8-13-24)35-30(37-31)25-14-9-6-10-15-25/h5-22,38H,1-4H3/p+1. The molecule has 1 aromatic heterocycles. The average molecular weight is 513 g/mol. The Balaban J connectivity index is 1.44. The second kappa shape index (κ2) is 10.9. The predicted molar refractivity (Wildman–Crippen MR) is 160 cm³/mol. The second-order valence-electron chi connectivity index (χ2n) is 10.6. The van der Waals surface area contributed by atoms with E-state index in [9.17, 15) is 0 Å². The molecule has 0 unspecified atom stereocenters. The molecule has 5 rings (SSSR count). The third-order valence-corrected chi connectivity index (χ3v) is 7.06. The van der Waals surface area contributed by atoms with Gasteiger partial charge in [-0.3, -0.25) is 0 Å². The van der Waals surface area contributed by atoms with Crippen LogP contribution in [0.3, 0.4) is 0 Å². The quantitative estimate of drug-likeness (QED) is 0.186. The van der Waals surface area contributed by atoms with E-state index in [1.807, 2.05) is 113 Å². The van der Waals surface area contributed by atoms with E-state index < -0.39 is 11.2 Å². The lowest BCUT2D eigenvalue weighted by molar-refractivity contribution is -0.0893. The molecule has 39 heavy (non-hydrogen) atoms. The highest BCUT2D eigenvalue weighted by atomic mass is 16.5. The van der Waals surface area contributed by atoms with E-state index in [-0.39, 0.29) is 0 Å². The van der Waals surface area contributed by atoms with Gasteiger partial charge in [-0.2, -0.15) is 0 Å². The minimum absolute atomic E-state index is 0.619. The summed E-state index contributed by atoms with van der Waals surface area (Å²) in [5.74, 6) is 1.92. The van der Waals surface area contributed by atoms with Crippen LogP contribution in [0.15, 0.2) is 109 Å². The maximum Gasteiger partial charge on any atom is 0.331 e. The van der Waals surface area contributed by atoms with Gasteiger partial charge in [-0.15, -0.1) is 0 Å². The van der Waals surface area contributed by atoms with Crippen LogP contribution in [0.2, 0.25) is 0 Å². The van der Waals surface area contributed by atoms with Gasteiger partial charge in [-0.1, -0.05) is 115 Å². The van der Waals surface area contributed by atoms with Crippen LogP contribution < -0.4 is 5.46 Å². The van der Waals surface area contributed by atoms with Gasteiger partial charge in [0.2, 0.25) is 0 Å². The first-order valence-corrected chi connectivity index (χ1v) is 13.0. The third-order valence-electron chi connectivity index (χ3n) is 7.06. The zero-order chi connectivity index (χ0) is 27.5. The fraction of sp³-hybridized carbons (Fsp3) is 0.182. The molecule has 193 valence electrons. The van der Waals surface area contributed by atoms with Gasteiger partial charge in [0, 0.05) is 30.5 Å². The van der Waals surface area contributed by atoms with Crippen molar-refractivity contribution in [3.05, 3.63) is 109 Å². The van der Waals surface area contributed by atoms with Crippen LogP contribution in [-0.4, -0.2) is 38.7 Å². The summed E-state index contributed by atoms with van der Waals surface area (Å²) in [6.45, 7) is 7.59. The summed E-state index contributed by atoms with van der Waals surface area (Å²) < 4.78 is 6.01. The van der Waals surface area contributed by atoms with Crippen molar-refractivity contribution >= 4 is 12.9 Å². The van der Waals surface area contributed by atoms with E-state index in [2.05, 4.69) is 24.3 Å². The molecular formula is C33H32BN3O2+. The highest BCUT2D eigenvalue weighted by Crippen LogP contribution is 2.27. The van der Waals surface area contributed by atoms with Crippen LogP contribution in [0.4, 0.5) is 0 Å². The van der Waals surface area contributed by atoms with Gasteiger partial charge in [0.15, 0.2) is 23.1 Å². The summed E-state index contributed by atoms with van der Waals surface area (Å²) in [4.78, 5) is 14.4. The third kappa shape index (κ3) is 6.14. The molecule has 4 aromatic carbocycles. The number of nitrogens with zero attached hydrogens (tertiary/aromatic N) is 3. The van der Waals surface area contributed by atoms with Crippen molar-refractivity contribution in [3.63, 3.8) is 0 Å². The Bertz CT molecular complexity index is 1490. The largest absolute Gasteiger partial charge is 0.439 e. The topological polar surface area (TPSA) is 70.8 Å². The second-order valence-corrected chi connectivity index (χ2v) is 10.6. The SMILES string of the molecule is CC(C)([OH2+])C(C)(C)O[B]c1cccc(-c2ccc(-c3nc(-c4ccccc4)nc(-c4ccccc4)n3)cc2)c1. The lowest BCUT2D eigenvalue weighted by Crippen LogP contribution is -2.49. The molecule has 0 aliphatic rings. The zero-order valence-corrected chi connectivity index (χ0v) is 22.7. The van der Waals surface area contributed by atoms with E-state index in [1.54, 1.807) is 7.48 Å². The van der Waals surface area contributed by atoms with Crippen molar-refractivity contribution in [1.29, 1.82) is 0 Å². The lowest BCUT2D eigenvalue weighted by atomic mass is 9.81. The number of hydrogen-bond acceptors (Lipinski definition) is 4. The number of benzene rings is 4. The summed E-state index contributed by atoms with van der Waals surface area (Å²) in [6, 6.07) is 36.4. The molecule has 0 atom stereocenters. The summed E-state index contributed by atoms with van der Waals surface area (Å²) in [7, 11) is 1.75. The van der Waals surface area contributed by atoms with Crippen LogP contribution in [0.5, 0.6) is 0 Å². The average Bonchev–Trinajstić information content (AvgIpc) is 2.96. The molecule has 0 aliphatic carbocycles. The van der Waals surface area contributed by atoms with Gasteiger partial charge >= 0.3 is 7.48 Å². The minimum atomic E-state index is -0.729. The Kier molecular flexibility index (Phi) is 7.42. The van der Waals surface area contributed by atoms with Crippen molar-refractivity contribution in [2.75, 3.05) is 0 Å². The molecule has 5 nitrogen and oxygen atoms in total. The molecule has 0 fully saturated rings. The molecule has 0 aliphatic heterocycles. The van der Waals surface area contributed by atoms with Crippen molar-refractivity contribution in [3.8, 4) is 45.3 Å². The zero-order valence-electron chi connectivity index (χ0n) is 22.7. The molecule has 0 bridgehead atoms. The van der Waals surface area contributed by atoms with Crippen LogP contribution >= 0.6 is 0 Å². The molecule has 6 heteroatoms. The summed E-state index contributed by atoms with van der Waals surface area (Å²) in [6.07, 6.45) is 0. The highest BCUT2D eigenvalue weighted by Gasteiger charge is 2.40. The van der Waals surface area contributed by atoms with Gasteiger partial charge in [-0.05, 0) is 25.0 Å². The Morgan fingerprint density at radius 1 is 0.538 bits per heavy atom. The summed E-state index contributed by atoms with van der Waals surface area (Å²) in [5, 5.41) is 8.33. The smallest absolute Gasteiger partial charge is 0.331 e.